The Morgan fingerprint density at radius 3 is 2.11 bits per heavy atom. The standard InChI is InChI=1S/C10H17F3N2O3/c1-9(2,3)14-7(16)5-15(4)8(17)18-6-10(11,12)13/h5-6H2,1-4H3,(H,14,16). The normalized spacial score (nSPS) is 11.9. The third-order valence-corrected chi connectivity index (χ3v) is 1.57. The lowest BCUT2D eigenvalue weighted by Crippen LogP contribution is -2.46. The van der Waals surface area contributed by atoms with Crippen LogP contribution in [0.25, 0.3) is 0 Å². The molecule has 0 saturated heterocycles. The molecular formula is C10H17F3N2O3. The minimum Gasteiger partial charge on any atom is -0.440 e. The maximum Gasteiger partial charge on any atom is 0.422 e. The Balaban J connectivity index is 4.13. The van der Waals surface area contributed by atoms with E-state index in [0.717, 1.165) is 4.90 Å². The molecule has 0 rings (SSSR count). The van der Waals surface area contributed by atoms with Gasteiger partial charge in [-0.15, -0.1) is 0 Å². The molecule has 1 N–H and O–H groups in total. The van der Waals surface area contributed by atoms with Gasteiger partial charge in [-0.05, 0) is 20.8 Å². The van der Waals surface area contributed by atoms with Crippen LogP contribution in [-0.4, -0.2) is 48.8 Å². The fourth-order valence-electron chi connectivity index (χ4n) is 0.992. The molecule has 0 fully saturated rings. The number of amides is 2. The van der Waals surface area contributed by atoms with Gasteiger partial charge in [0.25, 0.3) is 0 Å². The van der Waals surface area contributed by atoms with Crippen LogP contribution in [0.2, 0.25) is 0 Å². The third kappa shape index (κ3) is 8.66. The first-order valence-electron chi connectivity index (χ1n) is 5.16. The van der Waals surface area contributed by atoms with E-state index in [-0.39, 0.29) is 6.54 Å². The predicted molar refractivity (Wildman–Crippen MR) is 57.9 cm³/mol. The first-order chi connectivity index (χ1) is 7.91. The van der Waals surface area contributed by atoms with Gasteiger partial charge in [0.1, 0.15) is 6.54 Å². The van der Waals surface area contributed by atoms with Crippen molar-refractivity contribution >= 4 is 12.0 Å². The van der Waals surface area contributed by atoms with E-state index in [2.05, 4.69) is 10.1 Å². The summed E-state index contributed by atoms with van der Waals surface area (Å²) in [6.07, 6.45) is -5.78. The molecule has 0 aliphatic rings. The van der Waals surface area contributed by atoms with Gasteiger partial charge in [0.2, 0.25) is 5.91 Å². The zero-order valence-electron chi connectivity index (χ0n) is 10.7. The Morgan fingerprint density at radius 1 is 1.22 bits per heavy atom. The van der Waals surface area contributed by atoms with Crippen LogP contribution in [0.4, 0.5) is 18.0 Å². The summed E-state index contributed by atoms with van der Waals surface area (Å²) in [4.78, 5) is 23.3. The zero-order chi connectivity index (χ0) is 14.6. The molecule has 0 unspecified atom stereocenters. The molecule has 8 heteroatoms. The van der Waals surface area contributed by atoms with E-state index in [4.69, 9.17) is 0 Å². The number of nitrogens with zero attached hydrogens (tertiary/aromatic N) is 1. The van der Waals surface area contributed by atoms with E-state index in [1.807, 2.05) is 0 Å². The van der Waals surface area contributed by atoms with Crippen LogP contribution in [0.1, 0.15) is 20.8 Å². The Bertz CT molecular complexity index is 310. The van der Waals surface area contributed by atoms with Crippen molar-refractivity contribution in [2.24, 2.45) is 0 Å². The van der Waals surface area contributed by atoms with Crippen molar-refractivity contribution in [2.75, 3.05) is 20.2 Å². The molecule has 0 saturated carbocycles. The Kier molecular flexibility index (Phi) is 5.44. The average Bonchev–Trinajstić information content (AvgIpc) is 2.09. The highest BCUT2D eigenvalue weighted by atomic mass is 19.4. The van der Waals surface area contributed by atoms with Crippen LogP contribution in [0.3, 0.4) is 0 Å². The summed E-state index contributed by atoms with van der Waals surface area (Å²) in [6.45, 7) is 3.19. The maximum absolute atomic E-state index is 11.8. The van der Waals surface area contributed by atoms with Gasteiger partial charge in [0.05, 0.1) is 0 Å². The molecule has 18 heavy (non-hydrogen) atoms. The van der Waals surface area contributed by atoms with Crippen molar-refractivity contribution in [3.63, 3.8) is 0 Å². The highest BCUT2D eigenvalue weighted by Crippen LogP contribution is 2.14. The smallest absolute Gasteiger partial charge is 0.422 e. The molecule has 5 nitrogen and oxygen atoms in total. The molecule has 0 spiro atoms. The van der Waals surface area contributed by atoms with Crippen LogP contribution < -0.4 is 5.32 Å². The third-order valence-electron chi connectivity index (χ3n) is 1.57. The zero-order valence-corrected chi connectivity index (χ0v) is 10.7. The van der Waals surface area contributed by atoms with Crippen molar-refractivity contribution in [2.45, 2.75) is 32.5 Å². The van der Waals surface area contributed by atoms with E-state index < -0.39 is 30.3 Å². The number of carbonyl (C=O) groups excluding carboxylic acids is 2. The molecule has 0 heterocycles. The molecule has 0 radical (unpaired) electrons. The van der Waals surface area contributed by atoms with Gasteiger partial charge < -0.3 is 15.0 Å². The molecule has 0 aliphatic carbocycles. The van der Waals surface area contributed by atoms with Crippen LogP contribution in [0, 0.1) is 0 Å². The SMILES string of the molecule is CN(CC(=O)NC(C)(C)C)C(=O)OCC(F)(F)F. The average molecular weight is 270 g/mol. The van der Waals surface area contributed by atoms with E-state index in [1.165, 1.54) is 7.05 Å². The maximum atomic E-state index is 11.8. The van der Waals surface area contributed by atoms with Gasteiger partial charge in [0, 0.05) is 12.6 Å². The highest BCUT2D eigenvalue weighted by Gasteiger charge is 2.30. The Hall–Kier alpha value is -1.47. The number of alkyl halides is 3. The topological polar surface area (TPSA) is 58.6 Å². The largest absolute Gasteiger partial charge is 0.440 e. The second kappa shape index (κ2) is 5.92. The highest BCUT2D eigenvalue weighted by molar-refractivity contribution is 5.82. The predicted octanol–water partition coefficient (Wildman–Crippen LogP) is 1.53. The second-order valence-corrected chi connectivity index (χ2v) is 4.82. The lowest BCUT2D eigenvalue weighted by molar-refractivity contribution is -0.162. The van der Waals surface area contributed by atoms with Crippen LogP contribution in [0.5, 0.6) is 0 Å². The molecule has 106 valence electrons. The molecule has 0 aromatic rings. The molecule has 0 aromatic carbocycles. The molecular weight excluding hydrogens is 253 g/mol. The van der Waals surface area contributed by atoms with Crippen molar-refractivity contribution in [3.8, 4) is 0 Å². The quantitative estimate of drug-likeness (QED) is 0.846. The fraction of sp³-hybridized carbons (Fsp3) is 0.800. The number of carbonyl (C=O) groups is 2. The number of ether oxygens (including phenoxy) is 1. The minimum absolute atomic E-state index is 0.367. The number of halogens is 3. The summed E-state index contributed by atoms with van der Waals surface area (Å²) >= 11 is 0. The summed E-state index contributed by atoms with van der Waals surface area (Å²) in [5.74, 6) is -0.478. The summed E-state index contributed by atoms with van der Waals surface area (Å²) < 4.78 is 39.3. The first-order valence-corrected chi connectivity index (χ1v) is 5.16. The van der Waals surface area contributed by atoms with Gasteiger partial charge in [-0.25, -0.2) is 4.79 Å². The van der Waals surface area contributed by atoms with Gasteiger partial charge in [-0.2, -0.15) is 13.2 Å². The number of rotatable bonds is 3. The second-order valence-electron chi connectivity index (χ2n) is 4.82. The van der Waals surface area contributed by atoms with Crippen molar-refractivity contribution < 1.29 is 27.5 Å². The van der Waals surface area contributed by atoms with Gasteiger partial charge in [-0.3, -0.25) is 4.79 Å². The summed E-state index contributed by atoms with van der Waals surface area (Å²) in [5, 5.41) is 2.57. The van der Waals surface area contributed by atoms with Crippen LogP contribution >= 0.6 is 0 Å². The minimum atomic E-state index is -4.58. The lowest BCUT2D eigenvalue weighted by atomic mass is 10.1. The van der Waals surface area contributed by atoms with Crippen molar-refractivity contribution in [1.29, 1.82) is 0 Å². The number of likely N-dealkylation sites (N-methyl/N-ethyl adjacent to an activating group) is 1. The molecule has 0 aromatic heterocycles. The summed E-state index contributed by atoms with van der Waals surface area (Å²) in [5.41, 5.74) is -0.478. The molecule has 0 aliphatic heterocycles. The summed E-state index contributed by atoms with van der Waals surface area (Å²) in [6, 6.07) is 0. The molecule has 0 atom stereocenters. The summed E-state index contributed by atoms with van der Waals surface area (Å²) in [7, 11) is 1.18. The molecule has 0 bridgehead atoms. The first kappa shape index (κ1) is 16.5. The number of nitrogens with one attached hydrogen (secondary N) is 1. The molecule has 2 amide bonds. The van der Waals surface area contributed by atoms with Crippen molar-refractivity contribution in [1.82, 2.24) is 10.2 Å². The monoisotopic (exact) mass is 270 g/mol. The van der Waals surface area contributed by atoms with Gasteiger partial charge in [0.15, 0.2) is 6.61 Å². The number of hydrogen-bond acceptors (Lipinski definition) is 3. The Morgan fingerprint density at radius 2 is 1.72 bits per heavy atom. The van der Waals surface area contributed by atoms with Gasteiger partial charge >= 0.3 is 12.3 Å². The van der Waals surface area contributed by atoms with Gasteiger partial charge in [-0.1, -0.05) is 0 Å². The van der Waals surface area contributed by atoms with E-state index in [1.54, 1.807) is 20.8 Å². The lowest BCUT2D eigenvalue weighted by Gasteiger charge is -2.23. The van der Waals surface area contributed by atoms with E-state index >= 15 is 0 Å². The Labute approximate surface area is 103 Å². The number of hydrogen-bond donors (Lipinski definition) is 1. The van der Waals surface area contributed by atoms with E-state index in [0.29, 0.717) is 0 Å². The van der Waals surface area contributed by atoms with E-state index in [9.17, 15) is 22.8 Å². The van der Waals surface area contributed by atoms with Crippen LogP contribution in [0.15, 0.2) is 0 Å². The van der Waals surface area contributed by atoms with Crippen LogP contribution in [-0.2, 0) is 9.53 Å². The fourth-order valence-corrected chi connectivity index (χ4v) is 0.992. The van der Waals surface area contributed by atoms with Crippen molar-refractivity contribution in [3.05, 3.63) is 0 Å².